The summed E-state index contributed by atoms with van der Waals surface area (Å²) in [5.74, 6) is 0.756. The van der Waals surface area contributed by atoms with Crippen molar-refractivity contribution < 1.29 is 13.2 Å². The predicted molar refractivity (Wildman–Crippen MR) is 113 cm³/mol. The van der Waals surface area contributed by atoms with E-state index >= 15 is 0 Å². The first kappa shape index (κ1) is 24.4. The summed E-state index contributed by atoms with van der Waals surface area (Å²) in [4.78, 5) is 16.9. The zero-order chi connectivity index (χ0) is 20.2. The molecule has 0 saturated heterocycles. The fraction of sp³-hybridized carbons (Fsp3) is 0.556. The maximum Gasteiger partial charge on any atom is 0.242 e. The number of aromatic nitrogens is 2. The Hall–Kier alpha value is -1.68. The Labute approximate surface area is 173 Å². The van der Waals surface area contributed by atoms with Crippen molar-refractivity contribution in [3.63, 3.8) is 0 Å². The number of benzene rings is 1. The Balaban J connectivity index is 0.00000392. The number of fused-ring (bicyclic) bond motifs is 1. The summed E-state index contributed by atoms with van der Waals surface area (Å²) < 4.78 is 27.9. The molecule has 0 radical (unpaired) electrons. The van der Waals surface area contributed by atoms with Crippen LogP contribution in [-0.4, -0.2) is 61.9 Å². The van der Waals surface area contributed by atoms with Crippen molar-refractivity contribution in [3.8, 4) is 0 Å². The molecule has 1 unspecified atom stereocenters. The zero-order valence-electron chi connectivity index (χ0n) is 17.0. The van der Waals surface area contributed by atoms with E-state index in [-0.39, 0.29) is 29.3 Å². The molecule has 2 rings (SSSR count). The molecule has 1 amide bonds. The van der Waals surface area contributed by atoms with Gasteiger partial charge in [0, 0.05) is 46.1 Å². The second kappa shape index (κ2) is 10.2. The SMILES string of the molecule is CCn1c(CCC(=O)NCC(C)NC)nc2cc(S(=O)(=O)N(C)C)ccc21.Cl. The average molecular weight is 432 g/mol. The molecule has 1 heterocycles. The van der Waals surface area contributed by atoms with Crippen molar-refractivity contribution in [2.24, 2.45) is 0 Å². The van der Waals surface area contributed by atoms with Gasteiger partial charge in [-0.25, -0.2) is 17.7 Å². The van der Waals surface area contributed by atoms with Gasteiger partial charge in [0.15, 0.2) is 0 Å². The van der Waals surface area contributed by atoms with E-state index in [4.69, 9.17) is 0 Å². The number of aryl methyl sites for hydroxylation is 2. The van der Waals surface area contributed by atoms with E-state index in [1.807, 2.05) is 25.5 Å². The smallest absolute Gasteiger partial charge is 0.242 e. The molecule has 2 N–H and O–H groups in total. The lowest BCUT2D eigenvalue weighted by molar-refractivity contribution is -0.121. The number of halogens is 1. The third-order valence-electron chi connectivity index (χ3n) is 4.57. The second-order valence-electron chi connectivity index (χ2n) is 6.70. The molecule has 0 aliphatic heterocycles. The van der Waals surface area contributed by atoms with Crippen LogP contribution in [0.15, 0.2) is 23.1 Å². The van der Waals surface area contributed by atoms with E-state index < -0.39 is 10.0 Å². The van der Waals surface area contributed by atoms with Gasteiger partial charge in [0.2, 0.25) is 15.9 Å². The fourth-order valence-corrected chi connectivity index (χ4v) is 3.68. The number of hydrogen-bond acceptors (Lipinski definition) is 5. The summed E-state index contributed by atoms with van der Waals surface area (Å²) >= 11 is 0. The maximum absolute atomic E-state index is 12.3. The lowest BCUT2D eigenvalue weighted by Gasteiger charge is -2.11. The van der Waals surface area contributed by atoms with E-state index in [9.17, 15) is 13.2 Å². The second-order valence-corrected chi connectivity index (χ2v) is 8.86. The monoisotopic (exact) mass is 431 g/mol. The first-order valence-corrected chi connectivity index (χ1v) is 10.5. The molecular weight excluding hydrogens is 402 g/mol. The molecule has 0 bridgehead atoms. The molecule has 1 atom stereocenters. The molecule has 10 heteroatoms. The van der Waals surface area contributed by atoms with Gasteiger partial charge in [0.05, 0.1) is 15.9 Å². The van der Waals surface area contributed by atoms with Crippen LogP contribution in [0.2, 0.25) is 0 Å². The first-order chi connectivity index (χ1) is 12.7. The maximum atomic E-state index is 12.3. The van der Waals surface area contributed by atoms with Gasteiger partial charge < -0.3 is 15.2 Å². The highest BCUT2D eigenvalue weighted by molar-refractivity contribution is 7.89. The van der Waals surface area contributed by atoms with E-state index in [2.05, 4.69) is 15.6 Å². The lowest BCUT2D eigenvalue weighted by Crippen LogP contribution is -2.37. The Bertz CT molecular complexity index is 911. The third kappa shape index (κ3) is 5.44. The summed E-state index contributed by atoms with van der Waals surface area (Å²) in [6.45, 7) is 5.27. The van der Waals surface area contributed by atoms with Crippen molar-refractivity contribution in [1.29, 1.82) is 0 Å². The summed E-state index contributed by atoms with van der Waals surface area (Å²) in [6, 6.07) is 5.18. The first-order valence-electron chi connectivity index (χ1n) is 9.06. The Morgan fingerprint density at radius 1 is 1.32 bits per heavy atom. The molecule has 0 aliphatic rings. The third-order valence-corrected chi connectivity index (χ3v) is 6.38. The van der Waals surface area contributed by atoms with Crippen molar-refractivity contribution in [3.05, 3.63) is 24.0 Å². The Morgan fingerprint density at radius 2 is 2.00 bits per heavy atom. The number of imidazole rings is 1. The van der Waals surface area contributed by atoms with Gasteiger partial charge in [-0.05, 0) is 39.1 Å². The van der Waals surface area contributed by atoms with Crippen LogP contribution < -0.4 is 10.6 Å². The highest BCUT2D eigenvalue weighted by Gasteiger charge is 2.19. The minimum Gasteiger partial charge on any atom is -0.355 e. The van der Waals surface area contributed by atoms with Gasteiger partial charge in [-0.2, -0.15) is 0 Å². The van der Waals surface area contributed by atoms with Crippen LogP contribution >= 0.6 is 12.4 Å². The number of nitrogens with zero attached hydrogens (tertiary/aromatic N) is 3. The van der Waals surface area contributed by atoms with Crippen LogP contribution in [0.1, 0.15) is 26.1 Å². The van der Waals surface area contributed by atoms with Gasteiger partial charge in [0.1, 0.15) is 5.82 Å². The van der Waals surface area contributed by atoms with Gasteiger partial charge in [-0.15, -0.1) is 12.4 Å². The number of sulfonamides is 1. The number of rotatable bonds is 9. The number of hydrogen-bond donors (Lipinski definition) is 2. The van der Waals surface area contributed by atoms with Gasteiger partial charge in [0.25, 0.3) is 0 Å². The van der Waals surface area contributed by atoms with Crippen molar-refractivity contribution >= 4 is 39.4 Å². The van der Waals surface area contributed by atoms with Crippen LogP contribution in [0, 0.1) is 0 Å². The van der Waals surface area contributed by atoms with Crippen LogP contribution in [0.3, 0.4) is 0 Å². The minimum absolute atomic E-state index is 0. The number of amides is 1. The largest absolute Gasteiger partial charge is 0.355 e. The highest BCUT2D eigenvalue weighted by Crippen LogP contribution is 2.22. The molecule has 1 aromatic carbocycles. The number of carbonyl (C=O) groups excluding carboxylic acids is 1. The van der Waals surface area contributed by atoms with Gasteiger partial charge >= 0.3 is 0 Å². The van der Waals surface area contributed by atoms with Gasteiger partial charge in [-0.1, -0.05) is 0 Å². The van der Waals surface area contributed by atoms with E-state index in [1.165, 1.54) is 18.4 Å². The predicted octanol–water partition coefficient (Wildman–Crippen LogP) is 1.39. The Kier molecular flexibility index (Phi) is 8.87. The van der Waals surface area contributed by atoms with E-state index in [1.54, 1.807) is 18.2 Å². The van der Waals surface area contributed by atoms with E-state index in [0.29, 0.717) is 31.4 Å². The summed E-state index contributed by atoms with van der Waals surface area (Å²) in [6.07, 6.45) is 0.834. The standard InChI is InChI=1S/C18H29N5O3S.ClH/c1-6-23-16-8-7-14(27(25,26)22(4)5)11-15(16)21-17(23)9-10-18(24)20-12-13(2)19-3;/h7-8,11,13,19H,6,9-10,12H2,1-5H3,(H,20,24);1H. The molecule has 0 saturated carbocycles. The van der Waals surface area contributed by atoms with Crippen LogP contribution in [-0.2, 0) is 27.8 Å². The molecule has 158 valence electrons. The molecule has 1 aromatic heterocycles. The Morgan fingerprint density at radius 3 is 2.57 bits per heavy atom. The molecule has 8 nitrogen and oxygen atoms in total. The van der Waals surface area contributed by atoms with Gasteiger partial charge in [-0.3, -0.25) is 4.79 Å². The summed E-state index contributed by atoms with van der Waals surface area (Å²) in [5.41, 5.74) is 1.49. The van der Waals surface area contributed by atoms with Crippen LogP contribution in [0.5, 0.6) is 0 Å². The number of likely N-dealkylation sites (N-methyl/N-ethyl adjacent to an activating group) is 1. The molecule has 28 heavy (non-hydrogen) atoms. The number of carbonyl (C=O) groups is 1. The summed E-state index contributed by atoms with van der Waals surface area (Å²) in [7, 11) is 1.35. The van der Waals surface area contributed by atoms with Crippen molar-refractivity contribution in [1.82, 2.24) is 24.5 Å². The van der Waals surface area contributed by atoms with Crippen molar-refractivity contribution in [2.75, 3.05) is 27.7 Å². The van der Waals surface area contributed by atoms with Crippen LogP contribution in [0.25, 0.3) is 11.0 Å². The quantitative estimate of drug-likeness (QED) is 0.625. The highest BCUT2D eigenvalue weighted by atomic mass is 35.5. The minimum atomic E-state index is -3.51. The molecule has 0 aliphatic carbocycles. The van der Waals surface area contributed by atoms with E-state index in [0.717, 1.165) is 11.3 Å². The summed E-state index contributed by atoms with van der Waals surface area (Å²) in [5, 5.41) is 5.96. The fourth-order valence-electron chi connectivity index (χ4n) is 2.76. The zero-order valence-corrected chi connectivity index (χ0v) is 18.7. The average Bonchev–Trinajstić information content (AvgIpc) is 3.00. The molecule has 2 aromatic rings. The molecule has 0 fully saturated rings. The number of nitrogens with one attached hydrogen (secondary N) is 2. The normalized spacial score (nSPS) is 12.8. The molecular formula is C18H30ClN5O3S. The van der Waals surface area contributed by atoms with Crippen molar-refractivity contribution in [2.45, 2.75) is 44.2 Å². The lowest BCUT2D eigenvalue weighted by atomic mass is 10.2. The van der Waals surface area contributed by atoms with Crippen LogP contribution in [0.4, 0.5) is 0 Å². The topological polar surface area (TPSA) is 96.3 Å². The molecule has 0 spiro atoms.